The van der Waals surface area contributed by atoms with Gasteiger partial charge in [0, 0.05) is 5.69 Å². The highest BCUT2D eigenvalue weighted by Crippen LogP contribution is 2.28. The molecule has 2 aromatic rings. The summed E-state index contributed by atoms with van der Waals surface area (Å²) in [5.74, 6) is -0.599. The van der Waals surface area contributed by atoms with E-state index in [9.17, 15) is 19.5 Å². The van der Waals surface area contributed by atoms with Gasteiger partial charge in [0.2, 0.25) is 5.43 Å². The Balaban J connectivity index is 2.08. The Morgan fingerprint density at radius 3 is 2.38 bits per heavy atom. The second kappa shape index (κ2) is 5.61. The van der Waals surface area contributed by atoms with Crippen LogP contribution in [0.4, 0.5) is 0 Å². The van der Waals surface area contributed by atoms with Gasteiger partial charge in [0.05, 0.1) is 16.7 Å². The van der Waals surface area contributed by atoms with Crippen LogP contribution in [0.2, 0.25) is 0 Å². The van der Waals surface area contributed by atoms with Gasteiger partial charge in [-0.05, 0) is 52.9 Å². The molecule has 0 bridgehead atoms. The fourth-order valence-electron chi connectivity index (χ4n) is 3.26. The maximum Gasteiger partial charge on any atom is 0.275 e. The fourth-order valence-corrected chi connectivity index (χ4v) is 3.26. The largest absolute Gasteiger partial charge is 0.503 e. The Morgan fingerprint density at radius 2 is 1.83 bits per heavy atom. The van der Waals surface area contributed by atoms with Crippen LogP contribution >= 0.6 is 0 Å². The monoisotopic (exact) mass is 330 g/mol. The van der Waals surface area contributed by atoms with E-state index in [1.165, 1.54) is 10.3 Å². The molecule has 1 aliphatic rings. The van der Waals surface area contributed by atoms with Gasteiger partial charge in [-0.15, -0.1) is 0 Å². The van der Waals surface area contributed by atoms with Gasteiger partial charge in [0.25, 0.3) is 11.0 Å². The van der Waals surface area contributed by atoms with Crippen LogP contribution in [0, 0.1) is 0 Å². The van der Waals surface area contributed by atoms with Crippen molar-refractivity contribution in [3.05, 3.63) is 48.1 Å². The van der Waals surface area contributed by atoms with E-state index in [1.54, 1.807) is 0 Å². The van der Waals surface area contributed by atoms with Gasteiger partial charge in [-0.2, -0.15) is 0 Å². The van der Waals surface area contributed by atoms with Gasteiger partial charge in [-0.25, -0.2) is 4.68 Å². The molecule has 24 heavy (non-hydrogen) atoms. The van der Waals surface area contributed by atoms with Crippen molar-refractivity contribution in [1.82, 2.24) is 9.78 Å². The summed E-state index contributed by atoms with van der Waals surface area (Å²) in [4.78, 5) is 36.0. The summed E-state index contributed by atoms with van der Waals surface area (Å²) in [5.41, 5.74) is -0.623. The van der Waals surface area contributed by atoms with Crippen LogP contribution in [-0.4, -0.2) is 14.9 Å². The number of hydrogen-bond acceptors (Lipinski definition) is 4. The van der Waals surface area contributed by atoms with Crippen LogP contribution in [0.25, 0.3) is 11.1 Å². The summed E-state index contributed by atoms with van der Waals surface area (Å²) in [6, 6.07) is 0. The van der Waals surface area contributed by atoms with E-state index in [1.807, 2.05) is 20.8 Å². The van der Waals surface area contributed by atoms with E-state index >= 15 is 0 Å². The number of nitrogens with zero attached hydrogens (tertiary/aromatic N) is 1. The SMILES string of the molecule is CC(C)(C)n1[nH]c(CCC2=CCCC2)c(-c2c(O)c(=O)c2=O)c1=O. The third kappa shape index (κ3) is 2.56. The Hall–Kier alpha value is -2.37. The lowest BCUT2D eigenvalue weighted by Crippen LogP contribution is -2.36. The van der Waals surface area contributed by atoms with Crippen molar-refractivity contribution < 1.29 is 5.11 Å². The molecule has 0 radical (unpaired) electrons. The van der Waals surface area contributed by atoms with E-state index in [0.29, 0.717) is 12.1 Å². The van der Waals surface area contributed by atoms with Crippen molar-refractivity contribution in [2.75, 3.05) is 0 Å². The third-order valence-electron chi connectivity index (χ3n) is 4.60. The summed E-state index contributed by atoms with van der Waals surface area (Å²) < 4.78 is 1.46. The zero-order valence-electron chi connectivity index (χ0n) is 14.2. The van der Waals surface area contributed by atoms with Crippen molar-refractivity contribution in [3.8, 4) is 16.9 Å². The van der Waals surface area contributed by atoms with E-state index in [0.717, 1.165) is 25.7 Å². The molecule has 1 heterocycles. The molecule has 128 valence electrons. The molecule has 6 heteroatoms. The van der Waals surface area contributed by atoms with Crippen molar-refractivity contribution in [1.29, 1.82) is 0 Å². The second-order valence-corrected chi connectivity index (χ2v) is 7.41. The second-order valence-electron chi connectivity index (χ2n) is 7.41. The molecule has 2 N–H and O–H groups in total. The summed E-state index contributed by atoms with van der Waals surface area (Å²) in [6.07, 6.45) is 6.88. The lowest BCUT2D eigenvalue weighted by molar-refractivity contribution is 0.343. The van der Waals surface area contributed by atoms with E-state index in [-0.39, 0.29) is 16.7 Å². The Labute approximate surface area is 139 Å². The van der Waals surface area contributed by atoms with Crippen molar-refractivity contribution in [2.24, 2.45) is 0 Å². The quantitative estimate of drug-likeness (QED) is 0.662. The summed E-state index contributed by atoms with van der Waals surface area (Å²) >= 11 is 0. The first-order chi connectivity index (χ1) is 11.2. The minimum absolute atomic E-state index is 0.139. The molecule has 0 fully saturated rings. The number of nitrogens with one attached hydrogen (secondary N) is 1. The molecule has 0 saturated heterocycles. The van der Waals surface area contributed by atoms with Crippen LogP contribution < -0.4 is 16.4 Å². The number of allylic oxidation sites excluding steroid dienone is 2. The highest BCUT2D eigenvalue weighted by atomic mass is 16.3. The molecule has 1 aromatic carbocycles. The Kier molecular flexibility index (Phi) is 3.86. The first-order valence-corrected chi connectivity index (χ1v) is 8.26. The summed E-state index contributed by atoms with van der Waals surface area (Å²) in [5, 5.41) is 12.9. The Morgan fingerprint density at radius 1 is 1.12 bits per heavy atom. The fraction of sp³-hybridized carbons (Fsp3) is 0.500. The highest BCUT2D eigenvalue weighted by molar-refractivity contribution is 5.74. The van der Waals surface area contributed by atoms with Gasteiger partial charge in [0.15, 0.2) is 5.75 Å². The first-order valence-electron chi connectivity index (χ1n) is 8.26. The molecule has 0 aliphatic heterocycles. The zero-order valence-corrected chi connectivity index (χ0v) is 14.2. The molecule has 0 saturated carbocycles. The van der Waals surface area contributed by atoms with E-state index in [4.69, 9.17) is 0 Å². The molecule has 6 nitrogen and oxygen atoms in total. The number of rotatable bonds is 4. The molecule has 0 atom stereocenters. The summed E-state index contributed by atoms with van der Waals surface area (Å²) in [6.45, 7) is 5.62. The molecular formula is C18H22N2O4. The third-order valence-corrected chi connectivity index (χ3v) is 4.60. The van der Waals surface area contributed by atoms with Crippen molar-refractivity contribution in [2.45, 2.75) is 58.4 Å². The maximum absolute atomic E-state index is 12.8. The van der Waals surface area contributed by atoms with E-state index in [2.05, 4.69) is 11.2 Å². The highest BCUT2D eigenvalue weighted by Gasteiger charge is 2.30. The first kappa shape index (κ1) is 16.5. The molecule has 3 rings (SSSR count). The maximum atomic E-state index is 12.8. The number of aromatic hydroxyl groups is 1. The lowest BCUT2D eigenvalue weighted by Gasteiger charge is -2.19. The number of H-pyrrole nitrogens is 1. The molecule has 0 spiro atoms. The summed E-state index contributed by atoms with van der Waals surface area (Å²) in [7, 11) is 0. The predicted octanol–water partition coefficient (Wildman–Crippen LogP) is 1.94. The number of hydrogen-bond donors (Lipinski definition) is 2. The lowest BCUT2D eigenvalue weighted by atomic mass is 9.97. The number of aromatic amines is 1. The zero-order chi connectivity index (χ0) is 17.6. The standard InChI is InChI=1S/C18H22N2O4/c1-18(2,3)20-17(24)12(13-14(21)16(23)15(13)22)11(19-20)9-8-10-6-4-5-7-10/h6,19,21H,4-5,7-9H2,1-3H3. The molecular weight excluding hydrogens is 308 g/mol. The minimum Gasteiger partial charge on any atom is -0.503 e. The minimum atomic E-state index is -0.919. The average Bonchev–Trinajstić information content (AvgIpc) is 3.13. The normalized spacial score (nSPS) is 15.2. The van der Waals surface area contributed by atoms with Crippen molar-refractivity contribution in [3.63, 3.8) is 0 Å². The van der Waals surface area contributed by atoms with E-state index < -0.39 is 22.1 Å². The Bertz CT molecular complexity index is 943. The number of aryl methyl sites for hydroxylation is 1. The molecule has 1 aromatic heterocycles. The van der Waals surface area contributed by atoms with Crippen LogP contribution in [0.5, 0.6) is 5.75 Å². The average molecular weight is 330 g/mol. The van der Waals surface area contributed by atoms with Crippen LogP contribution in [0.1, 0.15) is 52.1 Å². The van der Waals surface area contributed by atoms with Gasteiger partial charge in [-0.3, -0.25) is 19.5 Å². The number of aromatic nitrogens is 2. The molecule has 1 aliphatic carbocycles. The van der Waals surface area contributed by atoms with Gasteiger partial charge in [0.1, 0.15) is 0 Å². The molecule has 0 unspecified atom stereocenters. The van der Waals surface area contributed by atoms with Crippen LogP contribution in [0.3, 0.4) is 0 Å². The van der Waals surface area contributed by atoms with Gasteiger partial charge >= 0.3 is 0 Å². The smallest absolute Gasteiger partial charge is 0.275 e. The van der Waals surface area contributed by atoms with Crippen LogP contribution in [-0.2, 0) is 12.0 Å². The van der Waals surface area contributed by atoms with Gasteiger partial charge in [-0.1, -0.05) is 11.6 Å². The molecule has 0 amide bonds. The van der Waals surface area contributed by atoms with Gasteiger partial charge < -0.3 is 5.11 Å². The van der Waals surface area contributed by atoms with Crippen LogP contribution in [0.15, 0.2) is 26.0 Å². The topological polar surface area (TPSA) is 92.2 Å². The van der Waals surface area contributed by atoms with Crippen molar-refractivity contribution >= 4 is 0 Å². The predicted molar refractivity (Wildman–Crippen MR) is 92.3 cm³/mol.